The van der Waals surface area contributed by atoms with E-state index in [4.69, 9.17) is 11.6 Å². The Labute approximate surface area is 161 Å². The van der Waals surface area contributed by atoms with Crippen molar-refractivity contribution in [3.8, 4) is 9.88 Å². The fourth-order valence-electron chi connectivity index (χ4n) is 2.38. The molecule has 2 aromatic heterocycles. The van der Waals surface area contributed by atoms with Crippen LogP contribution in [0.2, 0.25) is 4.34 Å². The topological polar surface area (TPSA) is 45.2 Å². The molecule has 1 aliphatic rings. The minimum Gasteiger partial charge on any atom is -0.341 e. The number of likely N-dealkylation sites (N-methyl/N-ethyl adjacent to an activating group) is 1. The van der Waals surface area contributed by atoms with Gasteiger partial charge in [0.1, 0.15) is 5.01 Å². The highest BCUT2D eigenvalue weighted by Crippen LogP contribution is 2.33. The number of nitrogens with zero attached hydrogens (tertiary/aromatic N) is 2. The number of amides is 1. The standard InChI is InChI=1S/C14H16ClN3OS2.2ClH/c1-18(10-4-5-16-7-10)13(19)6-9-8-20-14(17-9)11-2-3-12(15)21-11;;/h2-3,8,10,16H,4-7H2,1H3;2*1H. The Bertz CT molecular complexity index is 641. The van der Waals surface area contributed by atoms with E-state index in [2.05, 4.69) is 10.3 Å². The lowest BCUT2D eigenvalue weighted by Gasteiger charge is -2.23. The van der Waals surface area contributed by atoms with Crippen molar-refractivity contribution >= 4 is 65.0 Å². The Morgan fingerprint density at radius 3 is 2.87 bits per heavy atom. The molecule has 0 spiro atoms. The summed E-state index contributed by atoms with van der Waals surface area (Å²) in [7, 11) is 1.88. The largest absolute Gasteiger partial charge is 0.341 e. The average Bonchev–Trinajstić information content (AvgIpc) is 3.17. The Morgan fingerprint density at radius 1 is 1.48 bits per heavy atom. The van der Waals surface area contributed by atoms with Gasteiger partial charge in [-0.25, -0.2) is 4.98 Å². The first-order valence-corrected chi connectivity index (χ1v) is 8.87. The zero-order valence-corrected chi connectivity index (χ0v) is 16.5. The molecule has 0 aliphatic carbocycles. The number of thiazole rings is 1. The van der Waals surface area contributed by atoms with E-state index in [1.165, 1.54) is 11.3 Å². The average molecular weight is 415 g/mol. The van der Waals surface area contributed by atoms with Gasteiger partial charge in [0.2, 0.25) is 5.91 Å². The van der Waals surface area contributed by atoms with Crippen molar-refractivity contribution in [1.82, 2.24) is 15.2 Å². The molecule has 1 unspecified atom stereocenters. The maximum atomic E-state index is 12.3. The second-order valence-electron chi connectivity index (χ2n) is 5.08. The van der Waals surface area contributed by atoms with E-state index in [0.717, 1.165) is 39.4 Å². The molecule has 9 heteroatoms. The number of nitrogens with one attached hydrogen (secondary N) is 1. The molecule has 128 valence electrons. The summed E-state index contributed by atoms with van der Waals surface area (Å²) in [5.41, 5.74) is 0.835. The molecule has 0 saturated carbocycles. The summed E-state index contributed by atoms with van der Waals surface area (Å²) in [4.78, 5) is 19.7. The van der Waals surface area contributed by atoms with Crippen LogP contribution in [0.1, 0.15) is 12.1 Å². The molecule has 1 saturated heterocycles. The first kappa shape index (κ1) is 20.7. The highest BCUT2D eigenvalue weighted by Gasteiger charge is 2.23. The van der Waals surface area contributed by atoms with Crippen molar-refractivity contribution in [2.45, 2.75) is 18.9 Å². The van der Waals surface area contributed by atoms with Gasteiger partial charge in [0.05, 0.1) is 21.3 Å². The summed E-state index contributed by atoms with van der Waals surface area (Å²) >= 11 is 9.01. The Balaban J connectivity index is 0.00000132. The van der Waals surface area contributed by atoms with Gasteiger partial charge in [-0.1, -0.05) is 11.6 Å². The molecule has 1 amide bonds. The molecule has 0 aromatic carbocycles. The van der Waals surface area contributed by atoms with Gasteiger partial charge in [-0.3, -0.25) is 4.79 Å². The van der Waals surface area contributed by atoms with Crippen molar-refractivity contribution in [1.29, 1.82) is 0 Å². The summed E-state index contributed by atoms with van der Waals surface area (Å²) in [6, 6.07) is 4.15. The van der Waals surface area contributed by atoms with Crippen LogP contribution in [0.5, 0.6) is 0 Å². The Morgan fingerprint density at radius 2 is 2.26 bits per heavy atom. The number of thiophene rings is 1. The summed E-state index contributed by atoms with van der Waals surface area (Å²) in [5.74, 6) is 0.129. The minimum atomic E-state index is 0. The third kappa shape index (κ3) is 5.05. The van der Waals surface area contributed by atoms with Crippen molar-refractivity contribution < 1.29 is 4.79 Å². The van der Waals surface area contributed by atoms with Crippen molar-refractivity contribution in [2.24, 2.45) is 0 Å². The number of carbonyl (C=O) groups excluding carboxylic acids is 1. The molecule has 1 atom stereocenters. The van der Waals surface area contributed by atoms with Gasteiger partial charge in [-0.05, 0) is 25.1 Å². The van der Waals surface area contributed by atoms with E-state index >= 15 is 0 Å². The fourth-order valence-corrected chi connectivity index (χ4v) is 4.32. The van der Waals surface area contributed by atoms with Crippen LogP contribution in [0.3, 0.4) is 0 Å². The van der Waals surface area contributed by atoms with Gasteiger partial charge < -0.3 is 10.2 Å². The van der Waals surface area contributed by atoms with Crippen LogP contribution in [-0.2, 0) is 11.2 Å². The molecule has 1 N–H and O–H groups in total. The summed E-state index contributed by atoms with van der Waals surface area (Å²) in [6.07, 6.45) is 1.39. The molecular formula is C14H18Cl3N3OS2. The molecule has 23 heavy (non-hydrogen) atoms. The lowest BCUT2D eigenvalue weighted by atomic mass is 10.2. The number of rotatable bonds is 4. The van der Waals surface area contributed by atoms with Crippen molar-refractivity contribution in [3.63, 3.8) is 0 Å². The molecule has 3 rings (SSSR count). The monoisotopic (exact) mass is 413 g/mol. The summed E-state index contributed by atoms with van der Waals surface area (Å²) in [6.45, 7) is 1.88. The van der Waals surface area contributed by atoms with Crippen LogP contribution in [0.25, 0.3) is 9.88 Å². The smallest absolute Gasteiger partial charge is 0.228 e. The van der Waals surface area contributed by atoms with E-state index < -0.39 is 0 Å². The number of aromatic nitrogens is 1. The molecule has 2 aromatic rings. The predicted octanol–water partition coefficient (Wildman–Crippen LogP) is 3.73. The van der Waals surface area contributed by atoms with Crippen LogP contribution in [0.15, 0.2) is 17.5 Å². The highest BCUT2D eigenvalue weighted by molar-refractivity contribution is 7.23. The SMILES string of the molecule is CN(C(=O)Cc1csc(-c2ccc(Cl)s2)n1)C1CCNC1.Cl.Cl. The van der Waals surface area contributed by atoms with Gasteiger partial charge in [-0.2, -0.15) is 0 Å². The minimum absolute atomic E-state index is 0. The summed E-state index contributed by atoms with van der Waals surface area (Å²) in [5, 5.41) is 6.17. The quantitative estimate of drug-likeness (QED) is 0.829. The second-order valence-corrected chi connectivity index (χ2v) is 7.65. The van der Waals surface area contributed by atoms with Crippen LogP contribution in [-0.4, -0.2) is 42.0 Å². The van der Waals surface area contributed by atoms with Gasteiger partial charge in [0.15, 0.2) is 0 Å². The predicted molar refractivity (Wildman–Crippen MR) is 103 cm³/mol. The highest BCUT2D eigenvalue weighted by atomic mass is 35.5. The van der Waals surface area contributed by atoms with Gasteiger partial charge in [-0.15, -0.1) is 47.5 Å². The molecule has 1 fully saturated rings. The van der Waals surface area contributed by atoms with Crippen molar-refractivity contribution in [3.05, 3.63) is 27.5 Å². The van der Waals surface area contributed by atoms with Crippen LogP contribution in [0, 0.1) is 0 Å². The normalized spacial score (nSPS) is 16.5. The number of halogens is 3. The van der Waals surface area contributed by atoms with E-state index in [-0.39, 0.29) is 30.7 Å². The second kappa shape index (κ2) is 9.20. The van der Waals surface area contributed by atoms with Crippen LogP contribution in [0.4, 0.5) is 0 Å². The van der Waals surface area contributed by atoms with Gasteiger partial charge >= 0.3 is 0 Å². The van der Waals surface area contributed by atoms with E-state index in [0.29, 0.717) is 12.5 Å². The van der Waals surface area contributed by atoms with Crippen LogP contribution >= 0.6 is 59.1 Å². The third-order valence-electron chi connectivity index (χ3n) is 3.64. The van der Waals surface area contributed by atoms with E-state index in [1.54, 1.807) is 11.3 Å². The maximum Gasteiger partial charge on any atom is 0.228 e. The maximum absolute atomic E-state index is 12.3. The fraction of sp³-hybridized carbons (Fsp3) is 0.429. The Hall–Kier alpha value is -0.370. The summed E-state index contributed by atoms with van der Waals surface area (Å²) < 4.78 is 0.756. The van der Waals surface area contributed by atoms with E-state index in [9.17, 15) is 4.79 Å². The van der Waals surface area contributed by atoms with Crippen LogP contribution < -0.4 is 5.32 Å². The third-order valence-corrected chi connectivity index (χ3v) is 5.93. The Kier molecular flexibility index (Phi) is 8.27. The van der Waals surface area contributed by atoms with Gasteiger partial charge in [0, 0.05) is 25.0 Å². The number of hydrogen-bond acceptors (Lipinski definition) is 5. The zero-order valence-electron chi connectivity index (χ0n) is 12.5. The molecule has 0 bridgehead atoms. The lowest BCUT2D eigenvalue weighted by molar-refractivity contribution is -0.130. The molecular weight excluding hydrogens is 397 g/mol. The number of carbonyl (C=O) groups is 1. The molecule has 0 radical (unpaired) electrons. The van der Waals surface area contributed by atoms with E-state index in [1.807, 2.05) is 29.5 Å². The lowest BCUT2D eigenvalue weighted by Crippen LogP contribution is -2.39. The molecule has 4 nitrogen and oxygen atoms in total. The van der Waals surface area contributed by atoms with Crippen molar-refractivity contribution in [2.75, 3.05) is 20.1 Å². The molecule has 1 aliphatic heterocycles. The first-order valence-electron chi connectivity index (χ1n) is 6.80. The molecule has 3 heterocycles. The number of hydrogen-bond donors (Lipinski definition) is 1. The zero-order chi connectivity index (χ0) is 14.8. The van der Waals surface area contributed by atoms with Gasteiger partial charge in [0.25, 0.3) is 0 Å². The first-order chi connectivity index (χ1) is 10.1.